The van der Waals surface area contributed by atoms with Crippen LogP contribution in [0.2, 0.25) is 0 Å². The largest absolute Gasteiger partial charge is 0.368 e. The summed E-state index contributed by atoms with van der Waals surface area (Å²) in [5.41, 5.74) is 4.14. The van der Waals surface area contributed by atoms with Crippen LogP contribution >= 0.6 is 0 Å². The van der Waals surface area contributed by atoms with Crippen molar-refractivity contribution in [3.8, 4) is 11.3 Å². The van der Waals surface area contributed by atoms with E-state index >= 15 is 0 Å². The van der Waals surface area contributed by atoms with E-state index < -0.39 is 0 Å². The normalized spacial score (nSPS) is 16.3. The van der Waals surface area contributed by atoms with Crippen molar-refractivity contribution in [1.29, 1.82) is 0 Å². The predicted octanol–water partition coefficient (Wildman–Crippen LogP) is 2.38. The van der Waals surface area contributed by atoms with Crippen molar-refractivity contribution in [2.45, 2.75) is 0 Å². The van der Waals surface area contributed by atoms with Gasteiger partial charge in [0.1, 0.15) is 5.65 Å². The molecule has 1 aliphatic heterocycles. The van der Waals surface area contributed by atoms with E-state index in [1.165, 1.54) is 5.69 Å². The Bertz CT molecular complexity index is 769. The molecule has 0 saturated carbocycles. The smallest absolute Gasteiger partial charge is 0.137 e. The molecule has 1 N–H and O–H groups in total. The number of likely N-dealkylation sites (N-methyl/N-ethyl adjacent to an activating group) is 1. The summed E-state index contributed by atoms with van der Waals surface area (Å²) in [7, 11) is 2.17. The number of H-pyrrole nitrogens is 1. The third-order valence-corrected chi connectivity index (χ3v) is 4.31. The van der Waals surface area contributed by atoms with Gasteiger partial charge in [-0.3, -0.25) is 4.98 Å². The summed E-state index contributed by atoms with van der Waals surface area (Å²) in [6.07, 6.45) is 5.75. The summed E-state index contributed by atoms with van der Waals surface area (Å²) in [6, 6.07) is 8.40. The van der Waals surface area contributed by atoms with Crippen molar-refractivity contribution in [3.63, 3.8) is 0 Å². The Morgan fingerprint density at radius 3 is 2.64 bits per heavy atom. The third kappa shape index (κ3) is 2.44. The van der Waals surface area contributed by atoms with E-state index in [4.69, 9.17) is 0 Å². The fourth-order valence-electron chi connectivity index (χ4n) is 2.89. The zero-order valence-electron chi connectivity index (χ0n) is 12.7. The average Bonchev–Trinajstić information content (AvgIpc) is 3.03. The van der Waals surface area contributed by atoms with Crippen LogP contribution in [-0.4, -0.2) is 53.1 Å². The van der Waals surface area contributed by atoms with E-state index in [0.29, 0.717) is 0 Å². The highest BCUT2D eigenvalue weighted by Gasteiger charge is 2.14. The maximum Gasteiger partial charge on any atom is 0.137 e. The molecule has 0 amide bonds. The van der Waals surface area contributed by atoms with Crippen LogP contribution in [0.25, 0.3) is 22.3 Å². The fraction of sp³-hybridized carbons (Fsp3) is 0.294. The van der Waals surface area contributed by atoms with Gasteiger partial charge in [0.2, 0.25) is 0 Å². The van der Waals surface area contributed by atoms with Gasteiger partial charge < -0.3 is 14.8 Å². The van der Waals surface area contributed by atoms with Gasteiger partial charge in [-0.05, 0) is 31.3 Å². The van der Waals surface area contributed by atoms with E-state index in [2.05, 4.69) is 50.0 Å². The Balaban J connectivity index is 1.58. The lowest BCUT2D eigenvalue weighted by Gasteiger charge is -2.33. The lowest BCUT2D eigenvalue weighted by atomic mass is 10.1. The molecule has 4 rings (SSSR count). The molecule has 0 aliphatic carbocycles. The van der Waals surface area contributed by atoms with Crippen LogP contribution in [0.4, 0.5) is 5.69 Å². The van der Waals surface area contributed by atoms with Gasteiger partial charge in [0.25, 0.3) is 0 Å². The Labute approximate surface area is 129 Å². The summed E-state index contributed by atoms with van der Waals surface area (Å²) in [6.45, 7) is 4.34. The molecule has 0 spiro atoms. The highest BCUT2D eigenvalue weighted by Crippen LogP contribution is 2.23. The standard InChI is InChI=1S/C17H19N5/c1-21-6-8-22(9-7-21)15-2-3-16(19-12-15)14-10-13-4-5-18-17(13)20-11-14/h2-5,10-12H,6-9H2,1H3,(H,18,20). The Morgan fingerprint density at radius 2 is 1.86 bits per heavy atom. The topological polar surface area (TPSA) is 48.0 Å². The number of nitrogens with zero attached hydrogens (tertiary/aromatic N) is 4. The van der Waals surface area contributed by atoms with Crippen LogP contribution in [0.1, 0.15) is 0 Å². The first-order chi connectivity index (χ1) is 10.8. The highest BCUT2D eigenvalue weighted by molar-refractivity contribution is 5.80. The van der Waals surface area contributed by atoms with Gasteiger partial charge in [-0.15, -0.1) is 0 Å². The minimum absolute atomic E-state index is 0.915. The zero-order valence-corrected chi connectivity index (χ0v) is 12.7. The second kappa shape index (κ2) is 5.42. The molecule has 112 valence electrons. The van der Waals surface area contributed by atoms with Crippen LogP contribution in [0, 0.1) is 0 Å². The minimum atomic E-state index is 0.915. The molecule has 22 heavy (non-hydrogen) atoms. The summed E-state index contributed by atoms with van der Waals surface area (Å²) in [5.74, 6) is 0. The first kappa shape index (κ1) is 13.3. The van der Waals surface area contributed by atoms with E-state index in [1.54, 1.807) is 0 Å². The molecular weight excluding hydrogens is 274 g/mol. The lowest BCUT2D eigenvalue weighted by molar-refractivity contribution is 0.313. The Kier molecular flexibility index (Phi) is 3.27. The summed E-state index contributed by atoms with van der Waals surface area (Å²) < 4.78 is 0. The highest BCUT2D eigenvalue weighted by atomic mass is 15.2. The van der Waals surface area contributed by atoms with Crippen molar-refractivity contribution in [2.24, 2.45) is 0 Å². The quantitative estimate of drug-likeness (QED) is 0.788. The number of rotatable bonds is 2. The van der Waals surface area contributed by atoms with Crippen LogP contribution in [-0.2, 0) is 0 Å². The molecule has 5 nitrogen and oxygen atoms in total. The molecule has 0 unspecified atom stereocenters. The van der Waals surface area contributed by atoms with E-state index in [9.17, 15) is 0 Å². The van der Waals surface area contributed by atoms with E-state index in [0.717, 1.165) is 48.5 Å². The van der Waals surface area contributed by atoms with Crippen molar-refractivity contribution in [1.82, 2.24) is 19.9 Å². The van der Waals surface area contributed by atoms with E-state index in [1.807, 2.05) is 24.7 Å². The summed E-state index contributed by atoms with van der Waals surface area (Å²) >= 11 is 0. The molecule has 5 heteroatoms. The van der Waals surface area contributed by atoms with Gasteiger partial charge in [0, 0.05) is 49.5 Å². The molecule has 3 aromatic heterocycles. The van der Waals surface area contributed by atoms with E-state index in [-0.39, 0.29) is 0 Å². The molecule has 1 saturated heterocycles. The number of fused-ring (bicyclic) bond motifs is 1. The van der Waals surface area contributed by atoms with Crippen molar-refractivity contribution in [2.75, 3.05) is 38.1 Å². The zero-order chi connectivity index (χ0) is 14.9. The third-order valence-electron chi connectivity index (χ3n) is 4.31. The monoisotopic (exact) mass is 293 g/mol. The molecule has 0 radical (unpaired) electrons. The minimum Gasteiger partial charge on any atom is -0.368 e. The van der Waals surface area contributed by atoms with Gasteiger partial charge in [-0.2, -0.15) is 0 Å². The summed E-state index contributed by atoms with van der Waals surface area (Å²) in [4.78, 5) is 16.9. The number of hydrogen-bond acceptors (Lipinski definition) is 4. The first-order valence-electron chi connectivity index (χ1n) is 7.63. The van der Waals surface area contributed by atoms with Gasteiger partial charge in [0.15, 0.2) is 0 Å². The number of piperazine rings is 1. The van der Waals surface area contributed by atoms with Crippen LogP contribution in [0.3, 0.4) is 0 Å². The molecule has 4 heterocycles. The number of pyridine rings is 2. The maximum atomic E-state index is 4.63. The number of hydrogen-bond donors (Lipinski definition) is 1. The first-order valence-corrected chi connectivity index (χ1v) is 7.63. The fourth-order valence-corrected chi connectivity index (χ4v) is 2.89. The Hall–Kier alpha value is -2.40. The molecule has 1 fully saturated rings. The van der Waals surface area contributed by atoms with Crippen LogP contribution < -0.4 is 4.90 Å². The van der Waals surface area contributed by atoms with Gasteiger partial charge in [-0.25, -0.2) is 4.98 Å². The van der Waals surface area contributed by atoms with Gasteiger partial charge in [-0.1, -0.05) is 0 Å². The Morgan fingerprint density at radius 1 is 1.00 bits per heavy atom. The molecular formula is C17H19N5. The maximum absolute atomic E-state index is 4.63. The van der Waals surface area contributed by atoms with Crippen LogP contribution in [0.15, 0.2) is 42.9 Å². The number of anilines is 1. The molecule has 1 aliphatic rings. The molecule has 0 aromatic carbocycles. The van der Waals surface area contributed by atoms with Gasteiger partial charge >= 0.3 is 0 Å². The van der Waals surface area contributed by atoms with Crippen molar-refractivity contribution < 1.29 is 0 Å². The second-order valence-electron chi connectivity index (χ2n) is 5.83. The van der Waals surface area contributed by atoms with Crippen molar-refractivity contribution >= 4 is 16.7 Å². The lowest BCUT2D eigenvalue weighted by Crippen LogP contribution is -2.44. The van der Waals surface area contributed by atoms with Crippen molar-refractivity contribution in [3.05, 3.63) is 42.9 Å². The van der Waals surface area contributed by atoms with Gasteiger partial charge in [0.05, 0.1) is 17.6 Å². The second-order valence-corrected chi connectivity index (χ2v) is 5.83. The molecule has 3 aromatic rings. The number of aromatic nitrogens is 3. The average molecular weight is 293 g/mol. The predicted molar refractivity (Wildman–Crippen MR) is 89.0 cm³/mol. The molecule has 0 atom stereocenters. The van der Waals surface area contributed by atoms with Crippen LogP contribution in [0.5, 0.6) is 0 Å². The number of nitrogens with one attached hydrogen (secondary N) is 1. The number of aromatic amines is 1. The SMILES string of the molecule is CN1CCN(c2ccc(-c3cnc4[nH]ccc4c3)nc2)CC1. The molecule has 0 bridgehead atoms. The summed E-state index contributed by atoms with van der Waals surface area (Å²) in [5, 5.41) is 1.11.